The van der Waals surface area contributed by atoms with Gasteiger partial charge in [-0.15, -0.1) is 0 Å². The second-order valence-electron chi connectivity index (χ2n) is 6.40. The van der Waals surface area contributed by atoms with Crippen LogP contribution in [0.3, 0.4) is 0 Å². The lowest BCUT2D eigenvalue weighted by Crippen LogP contribution is -2.36. The molecule has 0 saturated carbocycles. The SMILES string of the molecule is COc1ccc(OC)c(CCNC(=O)C2CC(=O)c3ccccc3C2)c1. The van der Waals surface area contributed by atoms with Crippen molar-refractivity contribution in [2.45, 2.75) is 19.3 Å². The molecule has 0 spiro atoms. The number of carbonyl (C=O) groups is 2. The molecule has 0 saturated heterocycles. The Morgan fingerprint density at radius 1 is 1.12 bits per heavy atom. The summed E-state index contributed by atoms with van der Waals surface area (Å²) in [7, 11) is 3.24. The zero-order valence-corrected chi connectivity index (χ0v) is 15.1. The fourth-order valence-corrected chi connectivity index (χ4v) is 3.37. The molecule has 0 bridgehead atoms. The van der Waals surface area contributed by atoms with Crippen LogP contribution >= 0.6 is 0 Å². The first kappa shape index (κ1) is 18.0. The standard InChI is InChI=1S/C21H23NO4/c1-25-17-7-8-20(26-2)15(12-17)9-10-22-21(24)16-11-14-5-3-4-6-18(14)19(23)13-16/h3-8,12,16H,9-11,13H2,1-2H3,(H,22,24). The zero-order valence-electron chi connectivity index (χ0n) is 15.1. The maximum absolute atomic E-state index is 12.5. The Labute approximate surface area is 153 Å². The molecule has 1 aliphatic carbocycles. The van der Waals surface area contributed by atoms with E-state index < -0.39 is 0 Å². The first-order valence-corrected chi connectivity index (χ1v) is 8.72. The fraction of sp³-hybridized carbons (Fsp3) is 0.333. The molecule has 1 amide bonds. The topological polar surface area (TPSA) is 64.6 Å². The van der Waals surface area contributed by atoms with E-state index in [4.69, 9.17) is 9.47 Å². The van der Waals surface area contributed by atoms with Crippen LogP contribution in [0.4, 0.5) is 0 Å². The Morgan fingerprint density at radius 3 is 2.69 bits per heavy atom. The van der Waals surface area contributed by atoms with Gasteiger partial charge in [-0.2, -0.15) is 0 Å². The summed E-state index contributed by atoms with van der Waals surface area (Å²) in [4.78, 5) is 24.7. The summed E-state index contributed by atoms with van der Waals surface area (Å²) in [5.74, 6) is 1.18. The Bertz CT molecular complexity index is 815. The summed E-state index contributed by atoms with van der Waals surface area (Å²) in [5.41, 5.74) is 2.67. The minimum absolute atomic E-state index is 0.0430. The second-order valence-corrected chi connectivity index (χ2v) is 6.40. The first-order chi connectivity index (χ1) is 12.6. The minimum atomic E-state index is -0.301. The lowest BCUT2D eigenvalue weighted by atomic mass is 9.82. The van der Waals surface area contributed by atoms with Gasteiger partial charge in [-0.25, -0.2) is 0 Å². The van der Waals surface area contributed by atoms with Crippen molar-refractivity contribution >= 4 is 11.7 Å². The van der Waals surface area contributed by atoms with Crippen LogP contribution in [0.2, 0.25) is 0 Å². The van der Waals surface area contributed by atoms with Crippen molar-refractivity contribution in [3.05, 3.63) is 59.2 Å². The molecule has 2 aromatic carbocycles. The third-order valence-corrected chi connectivity index (χ3v) is 4.77. The monoisotopic (exact) mass is 353 g/mol. The summed E-state index contributed by atoms with van der Waals surface area (Å²) in [6, 6.07) is 13.1. The molecule has 1 atom stereocenters. The molecule has 2 aromatic rings. The fourth-order valence-electron chi connectivity index (χ4n) is 3.37. The quantitative estimate of drug-likeness (QED) is 0.867. The van der Waals surface area contributed by atoms with E-state index in [2.05, 4.69) is 5.32 Å². The molecule has 0 heterocycles. The van der Waals surface area contributed by atoms with Crippen LogP contribution in [0.5, 0.6) is 11.5 Å². The van der Waals surface area contributed by atoms with Crippen LogP contribution in [0.1, 0.15) is 27.9 Å². The van der Waals surface area contributed by atoms with Gasteiger partial charge in [0.1, 0.15) is 11.5 Å². The summed E-state index contributed by atoms with van der Waals surface area (Å²) in [5, 5.41) is 2.95. The Hall–Kier alpha value is -2.82. The lowest BCUT2D eigenvalue weighted by molar-refractivity contribution is -0.125. The van der Waals surface area contributed by atoms with Crippen LogP contribution in [0.15, 0.2) is 42.5 Å². The Kier molecular flexibility index (Phi) is 5.56. The van der Waals surface area contributed by atoms with Gasteiger partial charge >= 0.3 is 0 Å². The molecule has 0 fully saturated rings. The number of nitrogens with one attached hydrogen (secondary N) is 1. The third kappa shape index (κ3) is 3.87. The molecule has 0 radical (unpaired) electrons. The Balaban J connectivity index is 1.59. The first-order valence-electron chi connectivity index (χ1n) is 8.72. The molecule has 3 rings (SSSR count). The molecule has 5 heteroatoms. The second kappa shape index (κ2) is 8.04. The van der Waals surface area contributed by atoms with Gasteiger partial charge in [-0.3, -0.25) is 9.59 Å². The van der Waals surface area contributed by atoms with Crippen molar-refractivity contribution in [2.24, 2.45) is 5.92 Å². The van der Waals surface area contributed by atoms with Crippen molar-refractivity contribution in [3.63, 3.8) is 0 Å². The highest BCUT2D eigenvalue weighted by Crippen LogP contribution is 2.26. The van der Waals surface area contributed by atoms with E-state index in [1.165, 1.54) is 0 Å². The molecular formula is C21H23NO4. The van der Waals surface area contributed by atoms with Crippen LogP contribution in [-0.4, -0.2) is 32.5 Å². The predicted molar refractivity (Wildman–Crippen MR) is 98.8 cm³/mol. The van der Waals surface area contributed by atoms with E-state index in [9.17, 15) is 9.59 Å². The number of rotatable bonds is 6. The largest absolute Gasteiger partial charge is 0.497 e. The number of ketones is 1. The minimum Gasteiger partial charge on any atom is -0.497 e. The molecule has 1 unspecified atom stereocenters. The normalized spacial score (nSPS) is 15.9. The van der Waals surface area contributed by atoms with E-state index in [0.29, 0.717) is 19.4 Å². The number of ether oxygens (including phenoxy) is 2. The van der Waals surface area contributed by atoms with Crippen LogP contribution < -0.4 is 14.8 Å². The van der Waals surface area contributed by atoms with E-state index in [-0.39, 0.29) is 24.0 Å². The van der Waals surface area contributed by atoms with Crippen molar-refractivity contribution in [1.29, 1.82) is 0 Å². The number of amides is 1. The molecule has 5 nitrogen and oxygen atoms in total. The summed E-state index contributed by atoms with van der Waals surface area (Å²) >= 11 is 0. The molecule has 0 aromatic heterocycles. The number of benzene rings is 2. The lowest BCUT2D eigenvalue weighted by Gasteiger charge is -2.23. The van der Waals surface area contributed by atoms with Gasteiger partial charge in [-0.05, 0) is 42.2 Å². The van der Waals surface area contributed by atoms with Crippen LogP contribution in [0, 0.1) is 5.92 Å². The van der Waals surface area contributed by atoms with Crippen molar-refractivity contribution in [1.82, 2.24) is 5.32 Å². The summed E-state index contributed by atoms with van der Waals surface area (Å²) in [6.45, 7) is 0.481. The molecule has 136 valence electrons. The van der Waals surface area contributed by atoms with Crippen molar-refractivity contribution < 1.29 is 19.1 Å². The number of carbonyl (C=O) groups excluding carboxylic acids is 2. The van der Waals surface area contributed by atoms with E-state index in [1.54, 1.807) is 14.2 Å². The predicted octanol–water partition coefficient (Wildman–Crippen LogP) is 2.81. The number of methoxy groups -OCH3 is 2. The van der Waals surface area contributed by atoms with E-state index in [0.717, 1.165) is 28.2 Å². The highest BCUT2D eigenvalue weighted by atomic mass is 16.5. The van der Waals surface area contributed by atoms with E-state index in [1.807, 2.05) is 42.5 Å². The molecule has 0 aliphatic heterocycles. The third-order valence-electron chi connectivity index (χ3n) is 4.77. The van der Waals surface area contributed by atoms with Gasteiger partial charge in [0.25, 0.3) is 0 Å². The smallest absolute Gasteiger partial charge is 0.223 e. The molecule has 1 aliphatic rings. The van der Waals surface area contributed by atoms with Crippen molar-refractivity contribution in [2.75, 3.05) is 20.8 Å². The average Bonchev–Trinajstić information content (AvgIpc) is 2.67. The molecular weight excluding hydrogens is 330 g/mol. The zero-order chi connectivity index (χ0) is 18.5. The maximum Gasteiger partial charge on any atom is 0.223 e. The van der Waals surface area contributed by atoms with Gasteiger partial charge in [-0.1, -0.05) is 24.3 Å². The van der Waals surface area contributed by atoms with Gasteiger partial charge in [0.15, 0.2) is 5.78 Å². The average molecular weight is 353 g/mol. The highest BCUT2D eigenvalue weighted by Gasteiger charge is 2.29. The Morgan fingerprint density at radius 2 is 1.92 bits per heavy atom. The van der Waals surface area contributed by atoms with Gasteiger partial charge in [0.2, 0.25) is 5.91 Å². The van der Waals surface area contributed by atoms with Crippen LogP contribution in [-0.2, 0) is 17.6 Å². The van der Waals surface area contributed by atoms with Crippen LogP contribution in [0.25, 0.3) is 0 Å². The number of hydrogen-bond acceptors (Lipinski definition) is 4. The number of Topliss-reactive ketones (excluding diaryl/α,β-unsaturated/α-hetero) is 1. The number of hydrogen-bond donors (Lipinski definition) is 1. The number of fused-ring (bicyclic) bond motifs is 1. The van der Waals surface area contributed by atoms with Crippen molar-refractivity contribution in [3.8, 4) is 11.5 Å². The molecule has 1 N–H and O–H groups in total. The van der Waals surface area contributed by atoms with Gasteiger partial charge in [0, 0.05) is 24.4 Å². The highest BCUT2D eigenvalue weighted by molar-refractivity contribution is 6.01. The maximum atomic E-state index is 12.5. The van der Waals surface area contributed by atoms with Gasteiger partial charge in [0.05, 0.1) is 14.2 Å². The van der Waals surface area contributed by atoms with E-state index >= 15 is 0 Å². The summed E-state index contributed by atoms with van der Waals surface area (Å²) < 4.78 is 10.6. The van der Waals surface area contributed by atoms with Gasteiger partial charge < -0.3 is 14.8 Å². The summed E-state index contributed by atoms with van der Waals surface area (Å²) in [6.07, 6.45) is 1.50. The molecule has 26 heavy (non-hydrogen) atoms.